The summed E-state index contributed by atoms with van der Waals surface area (Å²) in [6, 6.07) is 10.0. The van der Waals surface area contributed by atoms with Crippen LogP contribution in [-0.4, -0.2) is 118 Å². The number of ether oxygens (including phenoxy) is 1. The highest BCUT2D eigenvalue weighted by atomic mass is 16.6. The number of likely N-dealkylation sites (N-methyl/N-ethyl adjacent to an activating group) is 2. The lowest BCUT2D eigenvalue weighted by Gasteiger charge is -2.42. The van der Waals surface area contributed by atoms with Crippen LogP contribution >= 0.6 is 0 Å². The number of nitrogens with zero attached hydrogens (tertiary/aromatic N) is 2. The molecule has 0 unspecified atom stereocenters. The third-order valence-corrected chi connectivity index (χ3v) is 11.7. The normalized spacial score (nSPS) is 14.8. The summed E-state index contributed by atoms with van der Waals surface area (Å²) in [5, 5.41) is 26.6. The number of nitrogens with one attached hydrogen (secondary N) is 3. The highest BCUT2D eigenvalue weighted by Gasteiger charge is 2.45. The number of benzene rings is 2. The van der Waals surface area contributed by atoms with Gasteiger partial charge in [-0.05, 0) is 54.2 Å². The molecule has 0 heterocycles. The van der Waals surface area contributed by atoms with Gasteiger partial charge in [-0.1, -0.05) is 123 Å². The first-order valence-electron chi connectivity index (χ1n) is 22.1. The molecule has 0 aliphatic carbocycles. The molecule has 17 nitrogen and oxygen atoms in total. The van der Waals surface area contributed by atoms with Crippen LogP contribution in [0, 0.1) is 17.3 Å². The van der Waals surface area contributed by atoms with Crippen LogP contribution in [0.4, 0.5) is 4.79 Å². The standard InChI is InChI=1S/C49H72N6O11/c1-28(2)36(25-30(5)42(59)52-35(46(63)64)23-24-38(57)58)54(12)45(62)40(48(7,8)9)53-44(61)41(49(10,11)34-17-15-14-16-18-34)55(13)47(65)66-27-33-21-19-32(20-22-33)26-37(56)31(6)51-43(60)39(50)29(3)4/h14-22,25,28-29,31,35-36,39-41H,23-24,26-27,50H2,1-13H3,(H,51,60)(H,52,59)(H,53,61)(H,57,58)(H,63,64)/b30-25+/t31-,35+,36+,39-,40+,41+/m0/s1. The maximum atomic E-state index is 14.7. The van der Waals surface area contributed by atoms with Crippen molar-refractivity contribution in [3.8, 4) is 0 Å². The highest BCUT2D eigenvalue weighted by Crippen LogP contribution is 2.32. The summed E-state index contributed by atoms with van der Waals surface area (Å²) >= 11 is 0. The van der Waals surface area contributed by atoms with Crippen molar-refractivity contribution in [2.45, 2.75) is 144 Å². The third-order valence-electron chi connectivity index (χ3n) is 11.7. The lowest BCUT2D eigenvalue weighted by Crippen LogP contribution is -2.63. The Kier molecular flexibility index (Phi) is 20.7. The van der Waals surface area contributed by atoms with Gasteiger partial charge in [-0.15, -0.1) is 0 Å². The van der Waals surface area contributed by atoms with Crippen LogP contribution in [-0.2, 0) is 56.7 Å². The number of carbonyl (C=O) groups is 8. The Balaban J connectivity index is 2.37. The number of ketones is 1. The minimum atomic E-state index is -1.44. The van der Waals surface area contributed by atoms with Crippen molar-refractivity contribution in [2.75, 3.05) is 14.1 Å². The van der Waals surface area contributed by atoms with E-state index >= 15 is 0 Å². The van der Waals surface area contributed by atoms with Gasteiger partial charge in [0.05, 0.1) is 18.1 Å². The number of rotatable bonds is 23. The van der Waals surface area contributed by atoms with Crippen molar-refractivity contribution in [3.05, 3.63) is 82.9 Å². The molecule has 0 fully saturated rings. The predicted octanol–water partition coefficient (Wildman–Crippen LogP) is 4.60. The number of nitrogens with two attached hydrogens (primary N) is 1. The Morgan fingerprint density at radius 2 is 1.32 bits per heavy atom. The molecule has 0 bridgehead atoms. The number of amides is 5. The number of carboxylic acid groups (broad SMARTS) is 2. The van der Waals surface area contributed by atoms with E-state index in [1.807, 2.05) is 71.9 Å². The van der Waals surface area contributed by atoms with Gasteiger partial charge in [-0.2, -0.15) is 0 Å². The molecular weight excluding hydrogens is 849 g/mol. The molecule has 6 atom stereocenters. The lowest BCUT2D eigenvalue weighted by molar-refractivity contribution is -0.142. The van der Waals surface area contributed by atoms with E-state index in [-0.39, 0.29) is 42.6 Å². The van der Waals surface area contributed by atoms with Gasteiger partial charge in [0.2, 0.25) is 23.6 Å². The molecule has 2 rings (SSSR count). The highest BCUT2D eigenvalue weighted by molar-refractivity contribution is 5.96. The van der Waals surface area contributed by atoms with Crippen LogP contribution in [0.5, 0.6) is 0 Å². The number of hydrogen-bond acceptors (Lipinski definition) is 10. The molecule has 2 aromatic carbocycles. The fourth-order valence-corrected chi connectivity index (χ4v) is 7.27. The molecule has 0 saturated heterocycles. The second-order valence-corrected chi connectivity index (χ2v) is 19.3. The summed E-state index contributed by atoms with van der Waals surface area (Å²) < 4.78 is 5.74. The predicted molar refractivity (Wildman–Crippen MR) is 250 cm³/mol. The van der Waals surface area contributed by atoms with Crippen LogP contribution < -0.4 is 21.7 Å². The quantitative estimate of drug-likeness (QED) is 0.0837. The van der Waals surface area contributed by atoms with E-state index < -0.39 is 95.2 Å². The van der Waals surface area contributed by atoms with Gasteiger partial charge >= 0.3 is 18.0 Å². The molecule has 0 saturated carbocycles. The van der Waals surface area contributed by atoms with E-state index in [9.17, 15) is 43.5 Å². The second-order valence-electron chi connectivity index (χ2n) is 19.3. The smallest absolute Gasteiger partial charge is 0.410 e. The lowest BCUT2D eigenvalue weighted by atomic mass is 9.76. The zero-order valence-electron chi connectivity index (χ0n) is 40.8. The fourth-order valence-electron chi connectivity index (χ4n) is 7.27. The average Bonchev–Trinajstić information content (AvgIpc) is 3.24. The van der Waals surface area contributed by atoms with Gasteiger partial charge in [0.1, 0.15) is 24.7 Å². The monoisotopic (exact) mass is 921 g/mol. The second kappa shape index (κ2) is 24.4. The van der Waals surface area contributed by atoms with Gasteiger partial charge in [-0.25, -0.2) is 9.59 Å². The van der Waals surface area contributed by atoms with Crippen molar-refractivity contribution in [1.29, 1.82) is 0 Å². The summed E-state index contributed by atoms with van der Waals surface area (Å²) in [6.45, 7) is 19.2. The largest absolute Gasteiger partial charge is 0.481 e. The Bertz CT molecular complexity index is 2060. The molecule has 7 N–H and O–H groups in total. The molecule has 0 aliphatic heterocycles. The average molecular weight is 921 g/mol. The molecule has 364 valence electrons. The first-order valence-corrected chi connectivity index (χ1v) is 22.1. The maximum absolute atomic E-state index is 14.7. The van der Waals surface area contributed by atoms with E-state index in [1.54, 1.807) is 52.0 Å². The molecule has 17 heteroatoms. The number of Topliss-reactive ketones (excluding diaryl/α,β-unsaturated/α-hetero) is 1. The van der Waals surface area contributed by atoms with Crippen molar-refractivity contribution >= 4 is 47.4 Å². The number of carbonyl (C=O) groups excluding carboxylic acids is 6. The summed E-state index contributed by atoms with van der Waals surface area (Å²) in [4.78, 5) is 107. The summed E-state index contributed by atoms with van der Waals surface area (Å²) in [6.07, 6.45) is -0.0212. The molecule has 66 heavy (non-hydrogen) atoms. The molecule has 0 aromatic heterocycles. The summed E-state index contributed by atoms with van der Waals surface area (Å²) in [7, 11) is 2.99. The Labute approximate surface area is 389 Å². The number of carboxylic acids is 2. The van der Waals surface area contributed by atoms with Crippen LogP contribution in [0.1, 0.15) is 106 Å². The third kappa shape index (κ3) is 16.1. The first-order chi connectivity index (χ1) is 30.5. The zero-order valence-corrected chi connectivity index (χ0v) is 40.8. The Morgan fingerprint density at radius 1 is 0.758 bits per heavy atom. The van der Waals surface area contributed by atoms with E-state index in [0.717, 1.165) is 5.56 Å². The van der Waals surface area contributed by atoms with E-state index in [1.165, 1.54) is 36.9 Å². The fraction of sp³-hybridized carbons (Fsp3) is 0.551. The first kappa shape index (κ1) is 56.0. The van der Waals surface area contributed by atoms with Crippen LogP contribution in [0.2, 0.25) is 0 Å². The SMILES string of the molecule is C/C(=C\[C@H](C(C)C)N(C)C(=O)[C@@H](NC(=O)[C@@H](N(C)C(=O)OCc1ccc(CC(=O)[C@H](C)NC(=O)[C@@H](N)C(C)C)cc1)C(C)(C)c1ccccc1)C(C)(C)C)C(=O)N[C@H](CCC(=O)O)C(=O)O. The zero-order chi connectivity index (χ0) is 50.4. The van der Waals surface area contributed by atoms with E-state index in [2.05, 4.69) is 16.0 Å². The van der Waals surface area contributed by atoms with Crippen LogP contribution in [0.3, 0.4) is 0 Å². The van der Waals surface area contributed by atoms with E-state index in [0.29, 0.717) is 11.1 Å². The Morgan fingerprint density at radius 3 is 1.82 bits per heavy atom. The molecule has 5 amide bonds. The van der Waals surface area contributed by atoms with Crippen molar-refractivity contribution in [2.24, 2.45) is 23.0 Å². The van der Waals surface area contributed by atoms with Gasteiger partial charge < -0.3 is 41.5 Å². The van der Waals surface area contributed by atoms with Gasteiger partial charge in [-0.3, -0.25) is 33.7 Å². The topological polar surface area (TPSA) is 255 Å². The molecule has 0 spiro atoms. The molecular formula is C49H72N6O11. The minimum absolute atomic E-state index is 0.0541. The molecule has 2 aromatic rings. The van der Waals surface area contributed by atoms with Crippen molar-refractivity contribution < 1.29 is 53.3 Å². The maximum Gasteiger partial charge on any atom is 0.410 e. The minimum Gasteiger partial charge on any atom is -0.481 e. The van der Waals surface area contributed by atoms with Crippen LogP contribution in [0.25, 0.3) is 0 Å². The van der Waals surface area contributed by atoms with Gasteiger partial charge in [0.25, 0.3) is 0 Å². The van der Waals surface area contributed by atoms with Crippen molar-refractivity contribution in [3.63, 3.8) is 0 Å². The number of aliphatic carboxylic acids is 2. The summed E-state index contributed by atoms with van der Waals surface area (Å²) in [5.41, 5.74) is 6.14. The van der Waals surface area contributed by atoms with Gasteiger partial charge in [0.15, 0.2) is 5.78 Å². The van der Waals surface area contributed by atoms with Crippen molar-refractivity contribution in [1.82, 2.24) is 25.8 Å². The molecule has 0 aliphatic rings. The van der Waals surface area contributed by atoms with Crippen LogP contribution in [0.15, 0.2) is 66.2 Å². The number of hydrogen-bond donors (Lipinski definition) is 6. The molecule has 0 radical (unpaired) electrons. The van der Waals surface area contributed by atoms with Gasteiger partial charge in [0, 0.05) is 37.9 Å². The van der Waals surface area contributed by atoms with E-state index in [4.69, 9.17) is 15.6 Å². The summed E-state index contributed by atoms with van der Waals surface area (Å²) in [5.74, 6) is -5.43. The Hall–Kier alpha value is -6.10.